The summed E-state index contributed by atoms with van der Waals surface area (Å²) in [6.07, 6.45) is 0.155. The van der Waals surface area contributed by atoms with Gasteiger partial charge in [-0.1, -0.05) is 30.3 Å². The van der Waals surface area contributed by atoms with E-state index in [2.05, 4.69) is 5.32 Å². The second-order valence-corrected chi connectivity index (χ2v) is 5.58. The molecule has 1 N–H and O–H groups in total. The van der Waals surface area contributed by atoms with E-state index in [1.807, 2.05) is 37.3 Å². The number of amides is 1. The van der Waals surface area contributed by atoms with Crippen molar-refractivity contribution < 1.29 is 14.1 Å². The zero-order valence-electron chi connectivity index (χ0n) is 13.1. The molecule has 1 heterocycles. The molecule has 1 amide bonds. The molecule has 0 unspecified atom stereocenters. The number of carbonyl (C=O) groups excluding carboxylic acids is 1. The van der Waals surface area contributed by atoms with E-state index in [-0.39, 0.29) is 24.1 Å². The minimum Gasteiger partial charge on any atom is -0.459 e. The molecule has 6 nitrogen and oxygen atoms in total. The summed E-state index contributed by atoms with van der Waals surface area (Å²) in [5, 5.41) is 14.5. The summed E-state index contributed by atoms with van der Waals surface area (Å²) in [4.78, 5) is 22.3. The Balaban J connectivity index is 1.64. The molecular formula is C18H16N2O4. The molecule has 0 radical (unpaired) electrons. The van der Waals surface area contributed by atoms with Gasteiger partial charge in [-0.3, -0.25) is 14.9 Å². The number of rotatable bonds is 5. The van der Waals surface area contributed by atoms with Crippen LogP contribution in [-0.2, 0) is 11.2 Å². The number of nitrogens with one attached hydrogen (secondary N) is 1. The molecule has 0 fully saturated rings. The number of carbonyl (C=O) groups is 1. The van der Waals surface area contributed by atoms with Gasteiger partial charge in [-0.2, -0.15) is 0 Å². The first-order valence-corrected chi connectivity index (χ1v) is 7.54. The van der Waals surface area contributed by atoms with E-state index >= 15 is 0 Å². The van der Waals surface area contributed by atoms with E-state index in [4.69, 9.17) is 4.42 Å². The fraction of sp³-hybridized carbons (Fsp3) is 0.167. The van der Waals surface area contributed by atoms with Crippen LogP contribution in [0.25, 0.3) is 11.0 Å². The molecule has 122 valence electrons. The maximum atomic E-state index is 12.1. The predicted molar refractivity (Wildman–Crippen MR) is 89.6 cm³/mol. The van der Waals surface area contributed by atoms with Gasteiger partial charge in [0.1, 0.15) is 11.3 Å². The standard InChI is InChI=1S/C18H16N2O4/c1-12(17-11-14-4-2-3-5-16(14)24-17)19-18(21)10-13-6-8-15(9-7-13)20(22)23/h2-9,11-12H,10H2,1H3,(H,19,21)/t12-/m0/s1. The van der Waals surface area contributed by atoms with Crippen molar-refractivity contribution in [3.8, 4) is 0 Å². The zero-order valence-corrected chi connectivity index (χ0v) is 13.1. The Kier molecular flexibility index (Phi) is 4.29. The lowest BCUT2D eigenvalue weighted by molar-refractivity contribution is -0.384. The van der Waals surface area contributed by atoms with Crippen LogP contribution in [0.5, 0.6) is 0 Å². The van der Waals surface area contributed by atoms with Gasteiger partial charge in [0.25, 0.3) is 5.69 Å². The number of hydrogen-bond donors (Lipinski definition) is 1. The van der Waals surface area contributed by atoms with Gasteiger partial charge in [-0.15, -0.1) is 0 Å². The van der Waals surface area contributed by atoms with Crippen LogP contribution < -0.4 is 5.32 Å². The minimum absolute atomic E-state index is 0.00908. The summed E-state index contributed by atoms with van der Waals surface area (Å²) in [6, 6.07) is 15.3. The van der Waals surface area contributed by atoms with E-state index in [9.17, 15) is 14.9 Å². The van der Waals surface area contributed by atoms with Crippen molar-refractivity contribution in [2.75, 3.05) is 0 Å². The molecule has 3 rings (SSSR count). The highest BCUT2D eigenvalue weighted by atomic mass is 16.6. The minimum atomic E-state index is -0.465. The Bertz CT molecular complexity index is 850. The fourth-order valence-electron chi connectivity index (χ4n) is 2.50. The third kappa shape index (κ3) is 3.43. The summed E-state index contributed by atoms with van der Waals surface area (Å²) < 4.78 is 5.73. The molecule has 1 atom stereocenters. The lowest BCUT2D eigenvalue weighted by Crippen LogP contribution is -2.27. The van der Waals surface area contributed by atoms with Gasteiger partial charge in [0.15, 0.2) is 0 Å². The van der Waals surface area contributed by atoms with Crippen LogP contribution in [0, 0.1) is 10.1 Å². The molecule has 6 heteroatoms. The van der Waals surface area contributed by atoms with Gasteiger partial charge >= 0.3 is 0 Å². The number of fused-ring (bicyclic) bond motifs is 1. The van der Waals surface area contributed by atoms with Crippen LogP contribution in [0.3, 0.4) is 0 Å². The number of nitro groups is 1. The van der Waals surface area contributed by atoms with Gasteiger partial charge < -0.3 is 9.73 Å². The van der Waals surface area contributed by atoms with Crippen LogP contribution in [0.15, 0.2) is 59.0 Å². The molecule has 0 bridgehead atoms. The molecule has 24 heavy (non-hydrogen) atoms. The predicted octanol–water partition coefficient (Wildman–Crippen LogP) is 3.76. The fourth-order valence-corrected chi connectivity index (χ4v) is 2.50. The van der Waals surface area contributed by atoms with E-state index in [1.54, 1.807) is 12.1 Å². The number of para-hydroxylation sites is 1. The molecule has 0 aliphatic carbocycles. The first kappa shape index (κ1) is 15.7. The number of hydrogen-bond acceptors (Lipinski definition) is 4. The quantitative estimate of drug-likeness (QED) is 0.572. The summed E-state index contributed by atoms with van der Waals surface area (Å²) in [5.41, 5.74) is 1.51. The second kappa shape index (κ2) is 6.54. The highest BCUT2D eigenvalue weighted by molar-refractivity contribution is 5.80. The number of non-ortho nitro benzene ring substituents is 1. The van der Waals surface area contributed by atoms with Crippen LogP contribution in [0.2, 0.25) is 0 Å². The molecule has 2 aromatic carbocycles. The number of nitro benzene ring substituents is 1. The van der Waals surface area contributed by atoms with Crippen molar-refractivity contribution in [2.45, 2.75) is 19.4 Å². The molecule has 3 aromatic rings. The van der Waals surface area contributed by atoms with Crippen LogP contribution in [0.1, 0.15) is 24.3 Å². The second-order valence-electron chi connectivity index (χ2n) is 5.58. The average Bonchev–Trinajstić information content (AvgIpc) is 2.99. The van der Waals surface area contributed by atoms with Gasteiger partial charge in [0.2, 0.25) is 5.91 Å². The lowest BCUT2D eigenvalue weighted by atomic mass is 10.1. The van der Waals surface area contributed by atoms with E-state index in [1.165, 1.54) is 12.1 Å². The number of furan rings is 1. The number of nitrogens with zero attached hydrogens (tertiary/aromatic N) is 1. The van der Waals surface area contributed by atoms with E-state index < -0.39 is 4.92 Å². The Hall–Kier alpha value is -3.15. The Morgan fingerprint density at radius 3 is 2.58 bits per heavy atom. The summed E-state index contributed by atoms with van der Waals surface area (Å²) in [5.74, 6) is 0.519. The third-order valence-electron chi connectivity index (χ3n) is 3.76. The highest BCUT2D eigenvalue weighted by Gasteiger charge is 2.15. The number of benzene rings is 2. The maximum Gasteiger partial charge on any atom is 0.269 e. The smallest absolute Gasteiger partial charge is 0.269 e. The third-order valence-corrected chi connectivity index (χ3v) is 3.76. The van der Waals surface area contributed by atoms with Crippen molar-refractivity contribution in [1.29, 1.82) is 0 Å². The van der Waals surface area contributed by atoms with Crippen molar-refractivity contribution in [2.24, 2.45) is 0 Å². The lowest BCUT2D eigenvalue weighted by Gasteiger charge is -2.11. The van der Waals surface area contributed by atoms with Gasteiger partial charge in [0, 0.05) is 17.5 Å². The Labute approximate surface area is 138 Å². The van der Waals surface area contributed by atoms with Crippen molar-refractivity contribution >= 4 is 22.6 Å². The Morgan fingerprint density at radius 1 is 1.21 bits per heavy atom. The van der Waals surface area contributed by atoms with Crippen LogP contribution in [0.4, 0.5) is 5.69 Å². The molecule has 0 aliphatic rings. The largest absolute Gasteiger partial charge is 0.459 e. The summed E-state index contributed by atoms with van der Waals surface area (Å²) in [6.45, 7) is 1.85. The molecule has 0 aliphatic heterocycles. The highest BCUT2D eigenvalue weighted by Crippen LogP contribution is 2.23. The van der Waals surface area contributed by atoms with Gasteiger partial charge in [-0.05, 0) is 24.6 Å². The Morgan fingerprint density at radius 2 is 1.92 bits per heavy atom. The molecular weight excluding hydrogens is 308 g/mol. The van der Waals surface area contributed by atoms with Gasteiger partial charge in [-0.25, -0.2) is 0 Å². The van der Waals surface area contributed by atoms with E-state index in [0.717, 1.165) is 16.5 Å². The van der Waals surface area contributed by atoms with Crippen LogP contribution >= 0.6 is 0 Å². The molecule has 0 spiro atoms. The van der Waals surface area contributed by atoms with E-state index in [0.29, 0.717) is 5.76 Å². The zero-order chi connectivity index (χ0) is 17.1. The normalized spacial score (nSPS) is 12.0. The molecule has 0 saturated carbocycles. The molecule has 1 aromatic heterocycles. The topological polar surface area (TPSA) is 85.4 Å². The first-order chi connectivity index (χ1) is 11.5. The van der Waals surface area contributed by atoms with Crippen molar-refractivity contribution in [1.82, 2.24) is 5.32 Å². The van der Waals surface area contributed by atoms with Crippen molar-refractivity contribution in [3.05, 3.63) is 76.0 Å². The average molecular weight is 324 g/mol. The van der Waals surface area contributed by atoms with Crippen LogP contribution in [-0.4, -0.2) is 10.8 Å². The SMILES string of the molecule is C[C@H](NC(=O)Cc1ccc([N+](=O)[O-])cc1)c1cc2ccccc2o1. The van der Waals surface area contributed by atoms with Crippen molar-refractivity contribution in [3.63, 3.8) is 0 Å². The maximum absolute atomic E-state index is 12.1. The summed E-state index contributed by atoms with van der Waals surface area (Å²) in [7, 11) is 0. The van der Waals surface area contributed by atoms with Gasteiger partial charge in [0.05, 0.1) is 17.4 Å². The monoisotopic (exact) mass is 324 g/mol. The summed E-state index contributed by atoms with van der Waals surface area (Å²) >= 11 is 0. The first-order valence-electron chi connectivity index (χ1n) is 7.54. The molecule has 0 saturated heterocycles.